The van der Waals surface area contributed by atoms with Crippen LogP contribution in [0.2, 0.25) is 0 Å². The number of nitrogens with one attached hydrogen (secondary N) is 1. The highest BCUT2D eigenvalue weighted by molar-refractivity contribution is 7.98. The van der Waals surface area contributed by atoms with Crippen molar-refractivity contribution in [1.29, 1.82) is 0 Å². The van der Waals surface area contributed by atoms with E-state index in [1.165, 1.54) is 35.0 Å². The number of carboxylic acids is 1. The third-order valence-electron chi connectivity index (χ3n) is 4.75. The molecule has 130 valence electrons. The van der Waals surface area contributed by atoms with Crippen LogP contribution in [-0.4, -0.2) is 33.3 Å². The van der Waals surface area contributed by atoms with E-state index < -0.39 is 12.0 Å². The van der Waals surface area contributed by atoms with Gasteiger partial charge in [0.05, 0.1) is 5.39 Å². The molecule has 0 amide bonds. The molecule has 2 heterocycles. The van der Waals surface area contributed by atoms with Gasteiger partial charge in [-0.2, -0.15) is 0 Å². The molecule has 0 radical (unpaired) electrons. The summed E-state index contributed by atoms with van der Waals surface area (Å²) in [6, 6.07) is -0.637. The fourth-order valence-corrected chi connectivity index (χ4v) is 4.85. The SMILES string of the molecule is CCC(C)C(Nc1nc(SC)nc2sc3c(c12)CCCC3)C(=O)O. The fourth-order valence-electron chi connectivity index (χ4n) is 3.16. The number of thiophene rings is 1. The molecule has 0 aliphatic heterocycles. The molecule has 2 N–H and O–H groups in total. The quantitative estimate of drug-likeness (QED) is 0.590. The summed E-state index contributed by atoms with van der Waals surface area (Å²) < 4.78 is 0. The lowest BCUT2D eigenvalue weighted by Crippen LogP contribution is -2.35. The van der Waals surface area contributed by atoms with E-state index in [0.29, 0.717) is 11.0 Å². The van der Waals surface area contributed by atoms with Crippen molar-refractivity contribution >= 4 is 45.1 Å². The minimum atomic E-state index is -0.828. The predicted octanol–water partition coefficient (Wildman–Crippen LogP) is 4.20. The van der Waals surface area contributed by atoms with E-state index in [0.717, 1.165) is 29.5 Å². The van der Waals surface area contributed by atoms with Crippen LogP contribution in [0, 0.1) is 5.92 Å². The Morgan fingerprint density at radius 1 is 1.38 bits per heavy atom. The Morgan fingerprint density at radius 3 is 2.79 bits per heavy atom. The Hall–Kier alpha value is -1.34. The number of anilines is 1. The lowest BCUT2D eigenvalue weighted by atomic mass is 9.96. The van der Waals surface area contributed by atoms with Crippen LogP contribution in [0.15, 0.2) is 5.16 Å². The summed E-state index contributed by atoms with van der Waals surface area (Å²) in [5, 5.41) is 14.6. The van der Waals surface area contributed by atoms with Crippen molar-refractivity contribution in [3.63, 3.8) is 0 Å². The van der Waals surface area contributed by atoms with Gasteiger partial charge in [0.15, 0.2) is 5.16 Å². The van der Waals surface area contributed by atoms with Gasteiger partial charge in [-0.3, -0.25) is 0 Å². The number of aromatic nitrogens is 2. The maximum absolute atomic E-state index is 11.7. The first-order valence-corrected chi connectivity index (χ1v) is 10.4. The van der Waals surface area contributed by atoms with E-state index in [-0.39, 0.29) is 5.92 Å². The lowest BCUT2D eigenvalue weighted by Gasteiger charge is -2.22. The Kier molecular flexibility index (Phi) is 5.30. The molecule has 2 atom stereocenters. The molecule has 24 heavy (non-hydrogen) atoms. The van der Waals surface area contributed by atoms with Gasteiger partial charge in [-0.15, -0.1) is 11.3 Å². The van der Waals surface area contributed by atoms with Crippen LogP contribution in [0.3, 0.4) is 0 Å². The molecule has 2 aromatic rings. The highest BCUT2D eigenvalue weighted by Gasteiger charge is 2.27. The normalized spacial score (nSPS) is 16.6. The summed E-state index contributed by atoms with van der Waals surface area (Å²) >= 11 is 3.23. The maximum Gasteiger partial charge on any atom is 0.326 e. The van der Waals surface area contributed by atoms with Crippen molar-refractivity contribution in [2.24, 2.45) is 5.92 Å². The predicted molar refractivity (Wildman–Crippen MR) is 100 cm³/mol. The average molecular weight is 366 g/mol. The van der Waals surface area contributed by atoms with E-state index >= 15 is 0 Å². The van der Waals surface area contributed by atoms with Crippen molar-refractivity contribution < 1.29 is 9.90 Å². The van der Waals surface area contributed by atoms with Gasteiger partial charge in [0.1, 0.15) is 16.7 Å². The minimum Gasteiger partial charge on any atom is -0.480 e. The standard InChI is InChI=1S/C17H23N3O2S2/c1-4-9(2)13(16(21)22)18-14-12-10-7-5-6-8-11(10)24-15(12)20-17(19-14)23-3/h9,13H,4-8H2,1-3H3,(H,21,22)(H,18,19,20). The Morgan fingerprint density at radius 2 is 2.12 bits per heavy atom. The van der Waals surface area contributed by atoms with Crippen molar-refractivity contribution in [2.75, 3.05) is 11.6 Å². The van der Waals surface area contributed by atoms with E-state index in [1.54, 1.807) is 11.3 Å². The fraction of sp³-hybridized carbons (Fsp3) is 0.588. The molecule has 0 bridgehead atoms. The second kappa shape index (κ2) is 7.27. The summed E-state index contributed by atoms with van der Waals surface area (Å²) in [7, 11) is 0. The van der Waals surface area contributed by atoms with Gasteiger partial charge in [0, 0.05) is 4.88 Å². The molecule has 5 nitrogen and oxygen atoms in total. The van der Waals surface area contributed by atoms with Crippen molar-refractivity contribution in [2.45, 2.75) is 57.1 Å². The number of carboxylic acid groups (broad SMARTS) is 1. The van der Waals surface area contributed by atoms with Crippen LogP contribution in [0.1, 0.15) is 43.6 Å². The number of hydrogen-bond acceptors (Lipinski definition) is 6. The summed E-state index contributed by atoms with van der Waals surface area (Å²) in [6.45, 7) is 3.97. The lowest BCUT2D eigenvalue weighted by molar-refractivity contribution is -0.139. The van der Waals surface area contributed by atoms with Crippen LogP contribution in [0.25, 0.3) is 10.2 Å². The topological polar surface area (TPSA) is 75.1 Å². The number of hydrogen-bond donors (Lipinski definition) is 2. The van der Waals surface area contributed by atoms with E-state index in [9.17, 15) is 9.90 Å². The molecule has 1 aliphatic carbocycles. The highest BCUT2D eigenvalue weighted by atomic mass is 32.2. The van der Waals surface area contributed by atoms with Gasteiger partial charge < -0.3 is 10.4 Å². The van der Waals surface area contributed by atoms with Gasteiger partial charge in [-0.25, -0.2) is 14.8 Å². The number of aliphatic carboxylic acids is 1. The van der Waals surface area contributed by atoms with Gasteiger partial charge in [-0.05, 0) is 43.4 Å². The Bertz CT molecular complexity index is 760. The second-order valence-electron chi connectivity index (χ2n) is 6.30. The van der Waals surface area contributed by atoms with Crippen LogP contribution in [-0.2, 0) is 17.6 Å². The second-order valence-corrected chi connectivity index (χ2v) is 8.15. The van der Waals surface area contributed by atoms with Gasteiger partial charge >= 0.3 is 5.97 Å². The van der Waals surface area contributed by atoms with Gasteiger partial charge in [-0.1, -0.05) is 32.0 Å². The van der Waals surface area contributed by atoms with E-state index in [1.807, 2.05) is 20.1 Å². The number of nitrogens with zero attached hydrogens (tertiary/aromatic N) is 2. The largest absolute Gasteiger partial charge is 0.480 e. The molecule has 0 aromatic carbocycles. The number of carbonyl (C=O) groups is 1. The highest BCUT2D eigenvalue weighted by Crippen LogP contribution is 2.39. The zero-order valence-electron chi connectivity index (χ0n) is 14.3. The third kappa shape index (κ3) is 3.24. The number of fused-ring (bicyclic) bond motifs is 3. The van der Waals surface area contributed by atoms with Crippen LogP contribution >= 0.6 is 23.1 Å². The summed E-state index contributed by atoms with van der Waals surface area (Å²) in [6.07, 6.45) is 7.27. The van der Waals surface area contributed by atoms with E-state index in [2.05, 4.69) is 15.3 Å². The van der Waals surface area contributed by atoms with Crippen molar-refractivity contribution in [3.05, 3.63) is 10.4 Å². The van der Waals surface area contributed by atoms with E-state index in [4.69, 9.17) is 0 Å². The summed E-state index contributed by atoms with van der Waals surface area (Å²) in [5.74, 6) is -0.109. The monoisotopic (exact) mass is 365 g/mol. The number of thioether (sulfide) groups is 1. The van der Waals surface area contributed by atoms with Crippen molar-refractivity contribution in [3.8, 4) is 0 Å². The molecule has 1 aliphatic rings. The molecule has 0 saturated heterocycles. The van der Waals surface area contributed by atoms with Crippen LogP contribution in [0.5, 0.6) is 0 Å². The number of aryl methyl sites for hydroxylation is 2. The Balaban J connectivity index is 2.11. The minimum absolute atomic E-state index is 0.0275. The smallest absolute Gasteiger partial charge is 0.326 e. The van der Waals surface area contributed by atoms with Gasteiger partial charge in [0.25, 0.3) is 0 Å². The zero-order chi connectivity index (χ0) is 17.3. The molecule has 2 aromatic heterocycles. The first-order valence-electron chi connectivity index (χ1n) is 8.40. The number of rotatable bonds is 6. The van der Waals surface area contributed by atoms with Gasteiger partial charge in [0.2, 0.25) is 0 Å². The molecule has 2 unspecified atom stereocenters. The molecule has 0 saturated carbocycles. The first-order chi connectivity index (χ1) is 11.5. The molecular formula is C17H23N3O2S2. The first kappa shape index (κ1) is 17.5. The molecule has 3 rings (SSSR count). The summed E-state index contributed by atoms with van der Waals surface area (Å²) in [4.78, 5) is 23.4. The molecule has 7 heteroatoms. The summed E-state index contributed by atoms with van der Waals surface area (Å²) in [5.41, 5.74) is 1.32. The average Bonchev–Trinajstić information content (AvgIpc) is 2.96. The maximum atomic E-state index is 11.7. The third-order valence-corrected chi connectivity index (χ3v) is 6.48. The molecular weight excluding hydrogens is 342 g/mol. The van der Waals surface area contributed by atoms with Crippen LogP contribution in [0.4, 0.5) is 5.82 Å². The molecule has 0 fully saturated rings. The Labute approximate surface area is 150 Å². The van der Waals surface area contributed by atoms with Crippen LogP contribution < -0.4 is 5.32 Å². The zero-order valence-corrected chi connectivity index (χ0v) is 15.9. The van der Waals surface area contributed by atoms with Crippen molar-refractivity contribution in [1.82, 2.24) is 9.97 Å². The molecule has 0 spiro atoms.